The van der Waals surface area contributed by atoms with Gasteiger partial charge >= 0.3 is 0 Å². The molecule has 22 heavy (non-hydrogen) atoms. The fourth-order valence-electron chi connectivity index (χ4n) is 1.95. The van der Waals surface area contributed by atoms with E-state index in [0.717, 1.165) is 30.6 Å². The van der Waals surface area contributed by atoms with Crippen LogP contribution in [0.1, 0.15) is 39.5 Å². The highest BCUT2D eigenvalue weighted by atomic mass is 32.2. The summed E-state index contributed by atoms with van der Waals surface area (Å²) in [5, 5.41) is 0. The Morgan fingerprint density at radius 1 is 1.23 bits per heavy atom. The predicted octanol–water partition coefficient (Wildman–Crippen LogP) is 3.59. The number of hydrogen-bond acceptors (Lipinski definition) is 3. The van der Waals surface area contributed by atoms with Crippen molar-refractivity contribution in [2.75, 3.05) is 12.3 Å². The second-order valence-corrected chi connectivity index (χ2v) is 6.61. The maximum atomic E-state index is 10.8. The van der Waals surface area contributed by atoms with Crippen LogP contribution in [0.2, 0.25) is 0 Å². The molecule has 0 atom stereocenters. The highest BCUT2D eigenvalue weighted by molar-refractivity contribution is 7.85. The van der Waals surface area contributed by atoms with Crippen LogP contribution in [0.5, 0.6) is 0 Å². The Morgan fingerprint density at radius 2 is 1.91 bits per heavy atom. The van der Waals surface area contributed by atoms with Gasteiger partial charge in [0.2, 0.25) is 5.69 Å². The molecule has 0 unspecified atom stereocenters. The molecule has 0 aliphatic carbocycles. The number of unbranched alkanes of at least 4 members (excludes halogenated alkanes) is 1. The minimum Gasteiger partial charge on any atom is -0.286 e. The fourth-order valence-corrected chi connectivity index (χ4v) is 2.45. The summed E-state index contributed by atoms with van der Waals surface area (Å²) in [6, 6.07) is 7.83. The molecule has 0 aromatic heterocycles. The molecular weight excluding hydrogens is 300 g/mol. The summed E-state index contributed by atoms with van der Waals surface area (Å²) >= 11 is 0. The second kappa shape index (κ2) is 9.48. The Bertz CT molecular complexity index is 605. The number of rotatable bonds is 9. The van der Waals surface area contributed by atoms with E-state index in [1.165, 1.54) is 0 Å². The maximum Gasteiger partial charge on any atom is 0.265 e. The molecule has 6 heteroatoms. The third kappa shape index (κ3) is 7.47. The van der Waals surface area contributed by atoms with Gasteiger partial charge in [-0.3, -0.25) is 9.55 Å². The first kappa shape index (κ1) is 18.5. The molecule has 0 amide bonds. The molecule has 0 spiro atoms. The number of nitrogens with zero attached hydrogens (tertiary/aromatic N) is 2. The molecule has 0 saturated carbocycles. The molecule has 1 aromatic carbocycles. The van der Waals surface area contributed by atoms with Crippen LogP contribution in [0, 0.1) is 0 Å². The van der Waals surface area contributed by atoms with Gasteiger partial charge in [-0.1, -0.05) is 13.8 Å². The summed E-state index contributed by atoms with van der Waals surface area (Å²) < 4.78 is 32.5. The van der Waals surface area contributed by atoms with E-state index in [1.807, 2.05) is 42.0 Å². The Hall–Kier alpha value is -1.53. The van der Waals surface area contributed by atoms with Crippen LogP contribution in [0.25, 0.3) is 0 Å². The zero-order chi connectivity index (χ0) is 16.4. The quantitative estimate of drug-likeness (QED) is 0.428. The third-order valence-corrected chi connectivity index (χ3v) is 3.85. The molecule has 0 aliphatic heterocycles. The summed E-state index contributed by atoms with van der Waals surface area (Å²) in [5.41, 5.74) is 1.90. The largest absolute Gasteiger partial charge is 0.286 e. The SMILES string of the molecule is CCC=Nc1ccc([N+](=CCCC)CCCS(=O)(=O)O)cc1. The Labute approximate surface area is 133 Å². The Morgan fingerprint density at radius 3 is 2.45 bits per heavy atom. The Kier molecular flexibility index (Phi) is 7.98. The molecule has 122 valence electrons. The predicted molar refractivity (Wildman–Crippen MR) is 91.7 cm³/mol. The van der Waals surface area contributed by atoms with Gasteiger partial charge in [0.05, 0.1) is 11.4 Å². The topological polar surface area (TPSA) is 69.7 Å². The average Bonchev–Trinajstić information content (AvgIpc) is 2.48. The lowest BCUT2D eigenvalue weighted by molar-refractivity contribution is -0.436. The van der Waals surface area contributed by atoms with Crippen LogP contribution in [-0.2, 0) is 10.1 Å². The molecule has 0 bridgehead atoms. The van der Waals surface area contributed by atoms with Crippen molar-refractivity contribution in [2.45, 2.75) is 39.5 Å². The molecule has 5 nitrogen and oxygen atoms in total. The zero-order valence-electron chi connectivity index (χ0n) is 13.3. The first-order valence-electron chi connectivity index (χ1n) is 7.64. The van der Waals surface area contributed by atoms with Gasteiger partial charge < -0.3 is 0 Å². The lowest BCUT2D eigenvalue weighted by atomic mass is 10.2. The molecule has 0 radical (unpaired) electrons. The van der Waals surface area contributed by atoms with Crippen molar-refractivity contribution in [3.05, 3.63) is 24.3 Å². The van der Waals surface area contributed by atoms with Crippen LogP contribution in [0.3, 0.4) is 0 Å². The normalized spacial score (nSPS) is 13.0. The number of hydrogen-bond donors (Lipinski definition) is 1. The smallest absolute Gasteiger partial charge is 0.265 e. The standard InChI is InChI=1S/C16H24N2O3S/c1-3-5-12-18(13-6-14-22(19,20)21)16-9-7-15(8-10-16)17-11-4-2/h7-12H,3-6,13-14H2,1-2H3/p+1. The molecule has 1 rings (SSSR count). The first-order chi connectivity index (χ1) is 10.5. The first-order valence-corrected chi connectivity index (χ1v) is 9.25. The van der Waals surface area contributed by atoms with Crippen molar-refractivity contribution in [2.24, 2.45) is 4.99 Å². The molecule has 0 fully saturated rings. The highest BCUT2D eigenvalue weighted by Crippen LogP contribution is 2.18. The zero-order valence-corrected chi connectivity index (χ0v) is 14.1. The van der Waals surface area contributed by atoms with Crippen molar-refractivity contribution in [1.29, 1.82) is 0 Å². The van der Waals surface area contributed by atoms with Crippen LogP contribution in [0.15, 0.2) is 29.3 Å². The van der Waals surface area contributed by atoms with Crippen LogP contribution in [-0.4, -0.2) is 42.3 Å². The number of benzene rings is 1. The molecule has 0 aliphatic rings. The van der Waals surface area contributed by atoms with Crippen LogP contribution in [0.4, 0.5) is 11.4 Å². The second-order valence-electron chi connectivity index (χ2n) is 5.04. The van der Waals surface area contributed by atoms with Crippen molar-refractivity contribution in [3.63, 3.8) is 0 Å². The van der Waals surface area contributed by atoms with E-state index in [1.54, 1.807) is 0 Å². The highest BCUT2D eigenvalue weighted by Gasteiger charge is 2.12. The molecule has 0 saturated heterocycles. The van der Waals surface area contributed by atoms with Gasteiger partial charge in [0.1, 0.15) is 12.8 Å². The van der Waals surface area contributed by atoms with E-state index >= 15 is 0 Å². The third-order valence-electron chi connectivity index (χ3n) is 3.04. The monoisotopic (exact) mass is 325 g/mol. The van der Waals surface area contributed by atoms with Crippen LogP contribution >= 0.6 is 0 Å². The van der Waals surface area contributed by atoms with E-state index in [2.05, 4.69) is 18.1 Å². The van der Waals surface area contributed by atoms with Gasteiger partial charge in [-0.2, -0.15) is 8.42 Å². The lowest BCUT2D eigenvalue weighted by Gasteiger charge is -2.03. The van der Waals surface area contributed by atoms with Gasteiger partial charge in [-0.15, -0.1) is 0 Å². The maximum absolute atomic E-state index is 10.8. The molecule has 1 N–H and O–H groups in total. The van der Waals surface area contributed by atoms with E-state index < -0.39 is 10.1 Å². The van der Waals surface area contributed by atoms with Crippen molar-refractivity contribution < 1.29 is 17.5 Å². The summed E-state index contributed by atoms with van der Waals surface area (Å²) in [7, 11) is -3.90. The van der Waals surface area contributed by atoms with E-state index in [4.69, 9.17) is 4.55 Å². The Balaban J connectivity index is 2.81. The molecule has 0 heterocycles. The molecular formula is C16H25N2O3S+. The molecule has 1 aromatic rings. The van der Waals surface area contributed by atoms with Gasteiger partial charge in [0, 0.05) is 31.2 Å². The van der Waals surface area contributed by atoms with Crippen molar-refractivity contribution in [3.8, 4) is 0 Å². The van der Waals surface area contributed by atoms with Gasteiger partial charge in [-0.25, -0.2) is 4.58 Å². The van der Waals surface area contributed by atoms with Gasteiger partial charge in [0.15, 0.2) is 0 Å². The summed E-state index contributed by atoms with van der Waals surface area (Å²) in [6.45, 7) is 4.68. The van der Waals surface area contributed by atoms with E-state index in [9.17, 15) is 8.42 Å². The summed E-state index contributed by atoms with van der Waals surface area (Å²) in [4.78, 5) is 4.32. The minimum absolute atomic E-state index is 0.220. The lowest BCUT2D eigenvalue weighted by Crippen LogP contribution is -2.14. The van der Waals surface area contributed by atoms with Gasteiger partial charge in [-0.05, 0) is 25.0 Å². The number of aliphatic imine (C=N–C) groups is 1. The average molecular weight is 325 g/mol. The van der Waals surface area contributed by atoms with Crippen molar-refractivity contribution >= 4 is 33.9 Å². The van der Waals surface area contributed by atoms with Gasteiger partial charge in [0.25, 0.3) is 10.1 Å². The van der Waals surface area contributed by atoms with E-state index in [-0.39, 0.29) is 5.75 Å². The van der Waals surface area contributed by atoms with Crippen molar-refractivity contribution in [1.82, 2.24) is 0 Å². The summed E-state index contributed by atoms with van der Waals surface area (Å²) in [6.07, 6.45) is 7.15. The fraction of sp³-hybridized carbons (Fsp3) is 0.500. The van der Waals surface area contributed by atoms with Crippen LogP contribution < -0.4 is 0 Å². The summed E-state index contributed by atoms with van der Waals surface area (Å²) in [5.74, 6) is -0.220. The van der Waals surface area contributed by atoms with E-state index in [0.29, 0.717) is 13.0 Å². The minimum atomic E-state index is -3.90.